The van der Waals surface area contributed by atoms with Crippen LogP contribution < -0.4 is 15.5 Å². The monoisotopic (exact) mass is 400 g/mol. The number of esters is 1. The standard InChI is InChI=1S/C16H12N6O5S/c23-13(7-22-9-17-8-19-22)21-18-6-10-3-1-2-4-11(10)27-14(24)5-12-15(25)20-16(26)28-12/h1-6,8-9H,7H2,(H,21,23)(H,20,25,26). The minimum atomic E-state index is -0.830. The number of para-hydroxylation sites is 1. The molecule has 0 saturated carbocycles. The van der Waals surface area contributed by atoms with Gasteiger partial charge in [0.1, 0.15) is 24.9 Å². The van der Waals surface area contributed by atoms with E-state index in [9.17, 15) is 19.2 Å². The number of rotatable bonds is 6. The fraction of sp³-hybridized carbons (Fsp3) is 0.0625. The van der Waals surface area contributed by atoms with Crippen molar-refractivity contribution in [2.24, 2.45) is 5.10 Å². The summed E-state index contributed by atoms with van der Waals surface area (Å²) in [5.74, 6) is -1.75. The topological polar surface area (TPSA) is 145 Å². The molecule has 11 nitrogen and oxygen atoms in total. The molecule has 1 aromatic carbocycles. The molecule has 12 heteroatoms. The number of nitrogens with zero attached hydrogens (tertiary/aromatic N) is 4. The Morgan fingerprint density at radius 3 is 2.86 bits per heavy atom. The van der Waals surface area contributed by atoms with E-state index in [-0.39, 0.29) is 17.2 Å². The van der Waals surface area contributed by atoms with Gasteiger partial charge in [-0.2, -0.15) is 10.2 Å². The molecule has 3 amide bonds. The van der Waals surface area contributed by atoms with Crippen LogP contribution >= 0.6 is 11.8 Å². The van der Waals surface area contributed by atoms with Gasteiger partial charge in [-0.1, -0.05) is 12.1 Å². The number of carbonyl (C=O) groups excluding carboxylic acids is 4. The lowest BCUT2D eigenvalue weighted by atomic mass is 10.2. The van der Waals surface area contributed by atoms with Crippen LogP contribution in [-0.4, -0.2) is 44.0 Å². The smallest absolute Gasteiger partial charge is 0.337 e. The molecule has 2 heterocycles. The highest BCUT2D eigenvalue weighted by atomic mass is 32.2. The summed E-state index contributed by atoms with van der Waals surface area (Å²) in [4.78, 5) is 50.0. The predicted octanol–water partition coefficient (Wildman–Crippen LogP) is 0.201. The normalized spacial score (nSPS) is 15.1. The maximum atomic E-state index is 12.0. The lowest BCUT2D eigenvalue weighted by molar-refractivity contribution is -0.129. The Morgan fingerprint density at radius 1 is 1.32 bits per heavy atom. The summed E-state index contributed by atoms with van der Waals surface area (Å²) in [7, 11) is 0. The van der Waals surface area contributed by atoms with E-state index in [1.54, 1.807) is 18.2 Å². The van der Waals surface area contributed by atoms with E-state index >= 15 is 0 Å². The van der Waals surface area contributed by atoms with Crippen LogP contribution in [0.4, 0.5) is 4.79 Å². The molecule has 2 N–H and O–H groups in total. The van der Waals surface area contributed by atoms with Crippen LogP contribution in [-0.2, 0) is 20.9 Å². The molecule has 2 aromatic rings. The summed E-state index contributed by atoms with van der Waals surface area (Å²) in [6.07, 6.45) is 4.93. The average molecular weight is 400 g/mol. The van der Waals surface area contributed by atoms with E-state index in [1.807, 2.05) is 5.32 Å². The van der Waals surface area contributed by atoms with Crippen molar-refractivity contribution in [1.29, 1.82) is 0 Å². The maximum Gasteiger partial charge on any atom is 0.337 e. The van der Waals surface area contributed by atoms with Gasteiger partial charge in [-0.25, -0.2) is 19.9 Å². The average Bonchev–Trinajstić information content (AvgIpc) is 3.26. The van der Waals surface area contributed by atoms with E-state index in [4.69, 9.17) is 4.74 Å². The molecule has 0 aliphatic carbocycles. The van der Waals surface area contributed by atoms with Crippen LogP contribution in [0.3, 0.4) is 0 Å². The second kappa shape index (κ2) is 8.73. The number of thioether (sulfide) groups is 1. The maximum absolute atomic E-state index is 12.0. The summed E-state index contributed by atoms with van der Waals surface area (Å²) in [5.41, 5.74) is 2.73. The van der Waals surface area contributed by atoms with Gasteiger partial charge < -0.3 is 4.74 Å². The highest BCUT2D eigenvalue weighted by Crippen LogP contribution is 2.23. The van der Waals surface area contributed by atoms with Gasteiger partial charge in [-0.05, 0) is 23.9 Å². The zero-order chi connectivity index (χ0) is 19.9. The third-order valence-corrected chi connectivity index (χ3v) is 4.00. The molecule has 1 aliphatic heterocycles. The summed E-state index contributed by atoms with van der Waals surface area (Å²) in [5, 5.41) is 9.09. The largest absolute Gasteiger partial charge is 0.423 e. The number of imide groups is 1. The van der Waals surface area contributed by atoms with Crippen molar-refractivity contribution >= 4 is 41.0 Å². The Labute approximate surface area is 161 Å². The molecule has 0 radical (unpaired) electrons. The van der Waals surface area contributed by atoms with Crippen molar-refractivity contribution in [1.82, 2.24) is 25.5 Å². The third kappa shape index (κ3) is 5.11. The Bertz CT molecular complexity index is 985. The molecule has 0 bridgehead atoms. The molecule has 1 fully saturated rings. The van der Waals surface area contributed by atoms with E-state index in [0.29, 0.717) is 17.3 Å². The molecule has 0 spiro atoms. The molecular formula is C16H12N6O5S. The van der Waals surface area contributed by atoms with Gasteiger partial charge in [0.25, 0.3) is 17.1 Å². The minimum absolute atomic E-state index is 0.0541. The van der Waals surface area contributed by atoms with Crippen LogP contribution in [0.15, 0.2) is 53.0 Å². The van der Waals surface area contributed by atoms with Gasteiger partial charge in [0.2, 0.25) is 0 Å². The van der Waals surface area contributed by atoms with Crippen molar-refractivity contribution in [3.63, 3.8) is 0 Å². The first-order chi connectivity index (χ1) is 13.5. The summed E-state index contributed by atoms with van der Waals surface area (Å²) in [6.45, 7) is -0.0556. The first-order valence-electron chi connectivity index (χ1n) is 7.71. The summed E-state index contributed by atoms with van der Waals surface area (Å²) >= 11 is 0.610. The zero-order valence-corrected chi connectivity index (χ0v) is 14.9. The van der Waals surface area contributed by atoms with Crippen LogP contribution in [0, 0.1) is 0 Å². The number of nitrogens with one attached hydrogen (secondary N) is 2. The van der Waals surface area contributed by atoms with Gasteiger partial charge in [-0.15, -0.1) is 0 Å². The van der Waals surface area contributed by atoms with E-state index < -0.39 is 23.0 Å². The number of hydrogen-bond acceptors (Lipinski definition) is 9. The van der Waals surface area contributed by atoms with Gasteiger partial charge in [0.05, 0.1) is 11.1 Å². The number of hydrazone groups is 1. The van der Waals surface area contributed by atoms with Crippen molar-refractivity contribution < 1.29 is 23.9 Å². The predicted molar refractivity (Wildman–Crippen MR) is 97.0 cm³/mol. The second-order valence-corrected chi connectivity index (χ2v) is 6.21. The van der Waals surface area contributed by atoms with Gasteiger partial charge in [-0.3, -0.25) is 19.7 Å². The van der Waals surface area contributed by atoms with Crippen molar-refractivity contribution in [3.05, 3.63) is 53.5 Å². The molecule has 0 unspecified atom stereocenters. The molecule has 0 atom stereocenters. The van der Waals surface area contributed by atoms with E-state index in [1.165, 1.54) is 29.6 Å². The lowest BCUT2D eigenvalue weighted by Crippen LogP contribution is -2.23. The Kier molecular flexibility index (Phi) is 5.91. The molecular weight excluding hydrogens is 388 g/mol. The van der Waals surface area contributed by atoms with Crippen LogP contribution in [0.1, 0.15) is 5.56 Å². The summed E-state index contributed by atoms with van der Waals surface area (Å²) in [6, 6.07) is 6.45. The number of benzene rings is 1. The van der Waals surface area contributed by atoms with Crippen LogP contribution in [0.25, 0.3) is 0 Å². The molecule has 3 rings (SSSR count). The van der Waals surface area contributed by atoms with Crippen LogP contribution in [0.2, 0.25) is 0 Å². The SMILES string of the molecule is O=C(Cn1cncn1)NN=Cc1ccccc1OC(=O)C=C1SC(=O)NC1=O. The molecule has 28 heavy (non-hydrogen) atoms. The Morgan fingerprint density at radius 2 is 2.14 bits per heavy atom. The highest BCUT2D eigenvalue weighted by molar-refractivity contribution is 8.18. The zero-order valence-electron chi connectivity index (χ0n) is 14.1. The Balaban J connectivity index is 1.62. The van der Waals surface area contributed by atoms with Crippen LogP contribution in [0.5, 0.6) is 5.75 Å². The van der Waals surface area contributed by atoms with Gasteiger partial charge in [0, 0.05) is 11.6 Å². The van der Waals surface area contributed by atoms with Crippen molar-refractivity contribution in [2.45, 2.75) is 6.54 Å². The number of ether oxygens (including phenoxy) is 1. The third-order valence-electron chi connectivity index (χ3n) is 3.19. The molecule has 1 aliphatic rings. The Hall–Kier alpha value is -3.80. The number of carbonyl (C=O) groups is 4. The second-order valence-electron chi connectivity index (χ2n) is 5.20. The quantitative estimate of drug-likeness (QED) is 0.230. The van der Waals surface area contributed by atoms with Gasteiger partial charge >= 0.3 is 5.97 Å². The first kappa shape index (κ1) is 19.0. The number of hydrogen-bond donors (Lipinski definition) is 2. The molecule has 1 aromatic heterocycles. The minimum Gasteiger partial charge on any atom is -0.423 e. The first-order valence-corrected chi connectivity index (χ1v) is 8.53. The fourth-order valence-corrected chi connectivity index (χ4v) is 2.66. The van der Waals surface area contributed by atoms with E-state index in [2.05, 4.69) is 20.6 Å². The molecule has 142 valence electrons. The lowest BCUT2D eigenvalue weighted by Gasteiger charge is -2.05. The van der Waals surface area contributed by atoms with Crippen molar-refractivity contribution in [3.8, 4) is 5.75 Å². The fourth-order valence-electron chi connectivity index (χ4n) is 2.02. The number of amides is 3. The molecule has 1 saturated heterocycles. The van der Waals surface area contributed by atoms with Crippen molar-refractivity contribution in [2.75, 3.05) is 0 Å². The van der Waals surface area contributed by atoms with E-state index in [0.717, 1.165) is 6.08 Å². The van der Waals surface area contributed by atoms with Gasteiger partial charge in [0.15, 0.2) is 0 Å². The number of aromatic nitrogens is 3. The summed E-state index contributed by atoms with van der Waals surface area (Å²) < 4.78 is 6.52. The highest BCUT2D eigenvalue weighted by Gasteiger charge is 2.26.